The van der Waals surface area contributed by atoms with Gasteiger partial charge in [0.1, 0.15) is 17.3 Å². The van der Waals surface area contributed by atoms with Gasteiger partial charge in [0.2, 0.25) is 5.16 Å². The van der Waals surface area contributed by atoms with Gasteiger partial charge in [0.25, 0.3) is 0 Å². The molecule has 0 N–H and O–H groups in total. The minimum absolute atomic E-state index is 0.155. The number of hydrogen-bond acceptors (Lipinski definition) is 6. The number of thioether (sulfide) groups is 1. The first-order chi connectivity index (χ1) is 15.4. The molecule has 0 bridgehead atoms. The van der Waals surface area contributed by atoms with E-state index >= 15 is 0 Å². The molecule has 0 amide bonds. The summed E-state index contributed by atoms with van der Waals surface area (Å²) in [6.45, 7) is -6.38. The van der Waals surface area contributed by atoms with Crippen molar-refractivity contribution < 1.29 is 31.8 Å². The zero-order valence-electron chi connectivity index (χ0n) is 16.5. The number of halogens is 4. The molecule has 0 spiro atoms. The van der Waals surface area contributed by atoms with Gasteiger partial charge >= 0.3 is 13.2 Å². The third kappa shape index (κ3) is 5.39. The maximum absolute atomic E-state index is 12.7. The van der Waals surface area contributed by atoms with Gasteiger partial charge in [-0.2, -0.15) is 17.6 Å². The van der Waals surface area contributed by atoms with Crippen LogP contribution in [-0.4, -0.2) is 39.5 Å². The van der Waals surface area contributed by atoms with Crippen LogP contribution in [0.2, 0.25) is 0 Å². The van der Waals surface area contributed by atoms with Gasteiger partial charge in [0.05, 0.1) is 17.0 Å². The van der Waals surface area contributed by atoms with Crippen molar-refractivity contribution in [2.75, 3.05) is 5.75 Å². The highest BCUT2D eigenvalue weighted by molar-refractivity contribution is 7.99. The Bertz CT molecular complexity index is 1090. The van der Waals surface area contributed by atoms with E-state index in [0.717, 1.165) is 54.3 Å². The zero-order valence-corrected chi connectivity index (χ0v) is 17.3. The van der Waals surface area contributed by atoms with Crippen LogP contribution in [0.5, 0.6) is 11.5 Å². The fraction of sp³-hybridized carbons (Fsp3) is 0.286. The van der Waals surface area contributed by atoms with Gasteiger partial charge in [-0.3, -0.25) is 4.79 Å². The Hall–Kier alpha value is -3.08. The highest BCUT2D eigenvalue weighted by Crippen LogP contribution is 2.40. The largest absolute Gasteiger partial charge is 0.435 e. The number of para-hydroxylation sites is 1. The van der Waals surface area contributed by atoms with Crippen molar-refractivity contribution in [3.05, 3.63) is 59.9 Å². The monoisotopic (exact) mass is 467 g/mol. The van der Waals surface area contributed by atoms with E-state index in [-0.39, 0.29) is 11.3 Å². The second kappa shape index (κ2) is 9.60. The number of alkyl halides is 4. The average Bonchev–Trinajstić information content (AvgIpc) is 3.51. The standard InChI is InChI=1S/C21H17F4N3O3S/c22-19(23)30-14-8-9-15(17(10-14)31-20(24)25)16(29)11-32-21-26-18(12-6-7-12)28(27-21)13-4-2-1-3-5-13/h1-5,8-10,12,19-20H,6-7,11H2. The Balaban J connectivity index is 1.51. The van der Waals surface area contributed by atoms with Crippen molar-refractivity contribution in [1.29, 1.82) is 0 Å². The summed E-state index contributed by atoms with van der Waals surface area (Å²) < 4.78 is 60.6. The quantitative estimate of drug-likeness (QED) is 0.228. The maximum Gasteiger partial charge on any atom is 0.387 e. The summed E-state index contributed by atoms with van der Waals surface area (Å²) in [7, 11) is 0. The number of benzene rings is 2. The van der Waals surface area contributed by atoms with Crippen LogP contribution < -0.4 is 9.47 Å². The molecule has 1 aliphatic rings. The molecule has 1 aromatic heterocycles. The lowest BCUT2D eigenvalue weighted by atomic mass is 10.1. The number of carbonyl (C=O) groups excluding carboxylic acids is 1. The number of ether oxygens (including phenoxy) is 2. The van der Waals surface area contributed by atoms with Crippen LogP contribution in [0.3, 0.4) is 0 Å². The van der Waals surface area contributed by atoms with Crippen LogP contribution in [0.1, 0.15) is 34.9 Å². The molecule has 32 heavy (non-hydrogen) atoms. The summed E-state index contributed by atoms with van der Waals surface area (Å²) >= 11 is 1.05. The van der Waals surface area contributed by atoms with E-state index < -0.39 is 30.5 Å². The fourth-order valence-corrected chi connectivity index (χ4v) is 3.75. The van der Waals surface area contributed by atoms with E-state index in [1.807, 2.05) is 30.3 Å². The maximum atomic E-state index is 12.7. The van der Waals surface area contributed by atoms with E-state index in [1.54, 1.807) is 4.68 Å². The summed E-state index contributed by atoms with van der Waals surface area (Å²) in [5.41, 5.74) is 0.673. The molecule has 1 fully saturated rings. The molecule has 6 nitrogen and oxygen atoms in total. The third-order valence-electron chi connectivity index (χ3n) is 4.58. The van der Waals surface area contributed by atoms with Crippen molar-refractivity contribution in [1.82, 2.24) is 14.8 Å². The normalized spacial score (nSPS) is 13.6. The fourth-order valence-electron chi connectivity index (χ4n) is 3.04. The van der Waals surface area contributed by atoms with Gasteiger partial charge in [-0.25, -0.2) is 9.67 Å². The lowest BCUT2D eigenvalue weighted by molar-refractivity contribution is -0.0544. The SMILES string of the molecule is O=C(CSc1nc(C2CC2)n(-c2ccccc2)n1)c1ccc(OC(F)F)cc1OC(F)F. The molecule has 0 saturated heterocycles. The molecule has 0 unspecified atom stereocenters. The molecule has 2 aromatic carbocycles. The van der Waals surface area contributed by atoms with Crippen molar-refractivity contribution in [3.8, 4) is 17.2 Å². The second-order valence-corrected chi connectivity index (χ2v) is 7.84. The van der Waals surface area contributed by atoms with Gasteiger partial charge in [0.15, 0.2) is 5.78 Å². The molecule has 0 aliphatic heterocycles. The van der Waals surface area contributed by atoms with Crippen molar-refractivity contribution >= 4 is 17.5 Å². The van der Waals surface area contributed by atoms with Crippen LogP contribution in [0, 0.1) is 0 Å². The van der Waals surface area contributed by atoms with Crippen LogP contribution in [0.4, 0.5) is 17.6 Å². The summed E-state index contributed by atoms with van der Waals surface area (Å²) in [4.78, 5) is 17.2. The Labute approximate surface area is 184 Å². The number of hydrogen-bond donors (Lipinski definition) is 0. The minimum Gasteiger partial charge on any atom is -0.435 e. The molecule has 3 aromatic rings. The van der Waals surface area contributed by atoms with Crippen molar-refractivity contribution in [2.24, 2.45) is 0 Å². The first-order valence-corrected chi connectivity index (χ1v) is 10.6. The van der Waals surface area contributed by atoms with Crippen LogP contribution in [0.25, 0.3) is 5.69 Å². The molecule has 1 heterocycles. The molecule has 1 saturated carbocycles. The first kappa shape index (κ1) is 22.1. The van der Waals surface area contributed by atoms with Crippen LogP contribution in [0.15, 0.2) is 53.7 Å². The number of rotatable bonds is 10. The van der Waals surface area contributed by atoms with Gasteiger partial charge in [-0.1, -0.05) is 30.0 Å². The number of nitrogens with zero attached hydrogens (tertiary/aromatic N) is 3. The second-order valence-electron chi connectivity index (χ2n) is 6.90. The molecule has 0 radical (unpaired) electrons. The molecular formula is C21H17F4N3O3S. The third-order valence-corrected chi connectivity index (χ3v) is 5.42. The highest BCUT2D eigenvalue weighted by atomic mass is 32.2. The van der Waals surface area contributed by atoms with E-state index in [2.05, 4.69) is 19.6 Å². The zero-order chi connectivity index (χ0) is 22.7. The summed E-state index contributed by atoms with van der Waals surface area (Å²) in [6.07, 6.45) is 2.02. The Morgan fingerprint density at radius 2 is 1.78 bits per heavy atom. The average molecular weight is 467 g/mol. The van der Waals surface area contributed by atoms with Gasteiger partial charge in [-0.15, -0.1) is 5.10 Å². The summed E-state index contributed by atoms with van der Waals surface area (Å²) in [5, 5.41) is 4.86. The van der Waals surface area contributed by atoms with E-state index in [9.17, 15) is 22.4 Å². The minimum atomic E-state index is -3.24. The topological polar surface area (TPSA) is 66.2 Å². The number of carbonyl (C=O) groups is 1. The van der Waals surface area contributed by atoms with Crippen molar-refractivity contribution in [2.45, 2.75) is 37.1 Å². The molecule has 4 rings (SSSR count). The van der Waals surface area contributed by atoms with E-state index in [4.69, 9.17) is 0 Å². The van der Waals surface area contributed by atoms with E-state index in [0.29, 0.717) is 11.1 Å². The number of Topliss-reactive ketones (excluding diaryl/α,β-unsaturated/α-hetero) is 1. The highest BCUT2D eigenvalue weighted by Gasteiger charge is 2.30. The van der Waals surface area contributed by atoms with Crippen LogP contribution >= 0.6 is 11.8 Å². The van der Waals surface area contributed by atoms with Gasteiger partial charge < -0.3 is 9.47 Å². The number of ketones is 1. The molecule has 11 heteroatoms. The van der Waals surface area contributed by atoms with Gasteiger partial charge in [-0.05, 0) is 37.1 Å². The lowest BCUT2D eigenvalue weighted by Gasteiger charge is -2.12. The molecule has 0 atom stereocenters. The van der Waals surface area contributed by atoms with Crippen LogP contribution in [-0.2, 0) is 0 Å². The van der Waals surface area contributed by atoms with Gasteiger partial charge in [0, 0.05) is 12.0 Å². The molecule has 168 valence electrons. The van der Waals surface area contributed by atoms with E-state index in [1.165, 1.54) is 0 Å². The Morgan fingerprint density at radius 1 is 1.06 bits per heavy atom. The Kier molecular flexibility index (Phi) is 6.63. The molecule has 1 aliphatic carbocycles. The smallest absolute Gasteiger partial charge is 0.387 e. The first-order valence-electron chi connectivity index (χ1n) is 9.62. The van der Waals surface area contributed by atoms with Crippen molar-refractivity contribution in [3.63, 3.8) is 0 Å². The Morgan fingerprint density at radius 3 is 2.44 bits per heavy atom. The predicted molar refractivity (Wildman–Crippen MR) is 108 cm³/mol. The number of aromatic nitrogens is 3. The summed E-state index contributed by atoms with van der Waals surface area (Å²) in [5.74, 6) is -0.513. The molecular weight excluding hydrogens is 450 g/mol. The lowest BCUT2D eigenvalue weighted by Crippen LogP contribution is -2.11. The predicted octanol–water partition coefficient (Wildman–Crippen LogP) is 5.32. The summed E-state index contributed by atoms with van der Waals surface area (Å²) in [6, 6.07) is 12.5.